The molecule has 25 heavy (non-hydrogen) atoms. The van der Waals surface area contributed by atoms with E-state index in [1.54, 1.807) is 18.7 Å². The molecular formula is C20H26N2OS2. The maximum absolute atomic E-state index is 12.2. The fourth-order valence-corrected chi connectivity index (χ4v) is 5.06. The Kier molecular flexibility index (Phi) is 5.54. The Bertz CT molecular complexity index is 705. The summed E-state index contributed by atoms with van der Waals surface area (Å²) in [7, 11) is 0. The lowest BCUT2D eigenvalue weighted by atomic mass is 9.89. The number of hydrogen-bond acceptors (Lipinski definition) is 3. The molecule has 0 saturated carbocycles. The first kappa shape index (κ1) is 18.5. The van der Waals surface area contributed by atoms with Gasteiger partial charge in [0.05, 0.1) is 11.2 Å². The van der Waals surface area contributed by atoms with Crippen molar-refractivity contribution in [2.45, 2.75) is 45.6 Å². The van der Waals surface area contributed by atoms with E-state index in [4.69, 9.17) is 12.2 Å². The van der Waals surface area contributed by atoms with E-state index in [1.807, 2.05) is 23.1 Å². The number of rotatable bonds is 2. The van der Waals surface area contributed by atoms with Crippen molar-refractivity contribution < 1.29 is 4.79 Å². The fraction of sp³-hybridized carbons (Fsp3) is 0.500. The van der Waals surface area contributed by atoms with Crippen LogP contribution in [0.1, 0.15) is 45.6 Å². The Morgan fingerprint density at radius 1 is 1.20 bits per heavy atom. The maximum atomic E-state index is 12.2. The molecule has 0 unspecified atom stereocenters. The van der Waals surface area contributed by atoms with Gasteiger partial charge in [0, 0.05) is 31.3 Å². The monoisotopic (exact) mass is 374 g/mol. The number of piperidine rings is 1. The first-order chi connectivity index (χ1) is 11.9. The zero-order valence-corrected chi connectivity index (χ0v) is 16.9. The molecule has 3 nitrogen and oxygen atoms in total. The average Bonchev–Trinajstić information content (AvgIpc) is 2.59. The van der Waals surface area contributed by atoms with Gasteiger partial charge in [0.25, 0.3) is 0 Å². The molecule has 134 valence electrons. The van der Waals surface area contributed by atoms with Gasteiger partial charge in [-0.1, -0.05) is 48.3 Å². The third-order valence-electron chi connectivity index (χ3n) is 4.87. The number of para-hydroxylation sites is 1. The Morgan fingerprint density at radius 2 is 1.88 bits per heavy atom. The largest absolute Gasteiger partial charge is 0.358 e. The number of anilines is 1. The summed E-state index contributed by atoms with van der Waals surface area (Å²) < 4.78 is 1.00. The van der Waals surface area contributed by atoms with Crippen molar-refractivity contribution in [2.75, 3.05) is 23.7 Å². The summed E-state index contributed by atoms with van der Waals surface area (Å²) in [5, 5.41) is 0. The highest BCUT2D eigenvalue weighted by atomic mass is 32.2. The van der Waals surface area contributed by atoms with Crippen molar-refractivity contribution in [1.82, 2.24) is 4.90 Å². The lowest BCUT2D eigenvalue weighted by Gasteiger charge is -2.41. The molecule has 0 radical (unpaired) electrons. The van der Waals surface area contributed by atoms with Crippen LogP contribution in [0, 0.1) is 0 Å². The van der Waals surface area contributed by atoms with Crippen molar-refractivity contribution in [2.24, 2.45) is 0 Å². The summed E-state index contributed by atoms with van der Waals surface area (Å²) >= 11 is 7.41. The lowest BCUT2D eigenvalue weighted by Crippen LogP contribution is -2.48. The molecule has 2 heterocycles. The van der Waals surface area contributed by atoms with Crippen LogP contribution in [0.4, 0.5) is 5.69 Å². The van der Waals surface area contributed by atoms with Crippen molar-refractivity contribution in [3.05, 3.63) is 35.9 Å². The molecule has 2 aliphatic rings. The number of benzene rings is 1. The van der Waals surface area contributed by atoms with Crippen LogP contribution < -0.4 is 4.90 Å². The van der Waals surface area contributed by atoms with Crippen molar-refractivity contribution >= 4 is 45.5 Å². The highest BCUT2D eigenvalue weighted by molar-refractivity contribution is 8.23. The Labute approximate surface area is 160 Å². The molecule has 0 aromatic heterocycles. The van der Waals surface area contributed by atoms with Crippen LogP contribution in [0.2, 0.25) is 0 Å². The van der Waals surface area contributed by atoms with Gasteiger partial charge >= 0.3 is 0 Å². The first-order valence-corrected chi connectivity index (χ1v) is 10.3. The Morgan fingerprint density at radius 3 is 2.56 bits per heavy atom. The second kappa shape index (κ2) is 7.50. The molecule has 0 N–H and O–H groups in total. The third kappa shape index (κ3) is 3.93. The second-order valence-corrected chi connectivity index (χ2v) is 8.91. The molecule has 3 rings (SSSR count). The van der Waals surface area contributed by atoms with Crippen LogP contribution in [0.3, 0.4) is 0 Å². The minimum Gasteiger partial charge on any atom is -0.358 e. The van der Waals surface area contributed by atoms with Gasteiger partial charge < -0.3 is 9.80 Å². The number of nitrogens with zero attached hydrogens (tertiary/aromatic N) is 2. The fourth-order valence-electron chi connectivity index (χ4n) is 3.82. The number of thioether (sulfide) groups is 1. The van der Waals surface area contributed by atoms with E-state index in [9.17, 15) is 4.79 Å². The van der Waals surface area contributed by atoms with E-state index in [0.29, 0.717) is 0 Å². The summed E-state index contributed by atoms with van der Waals surface area (Å²) in [6.45, 7) is 8.00. The number of thiocarbonyl (C=S) groups is 1. The number of amides is 1. The van der Waals surface area contributed by atoms with Crippen LogP contribution in [0.5, 0.6) is 0 Å². The molecule has 2 aliphatic heterocycles. The highest BCUT2D eigenvalue weighted by Crippen LogP contribution is 2.40. The standard InChI is InChI=1S/C20H26N2OS2/c1-15(23)22-18-10-6-5-9-17(18)16(13-20(22,2)3)14-25-19(24)21-11-7-4-8-12-21/h5-6,9-10,13H,4,7-8,11-12,14H2,1-3H3. The Balaban J connectivity index is 1.81. The number of fused-ring (bicyclic) bond motifs is 1. The van der Waals surface area contributed by atoms with Gasteiger partial charge in [0.1, 0.15) is 4.32 Å². The van der Waals surface area contributed by atoms with Gasteiger partial charge in [-0.2, -0.15) is 0 Å². The minimum absolute atomic E-state index is 0.0734. The maximum Gasteiger partial charge on any atom is 0.224 e. The van der Waals surface area contributed by atoms with Gasteiger partial charge in [-0.25, -0.2) is 0 Å². The lowest BCUT2D eigenvalue weighted by molar-refractivity contribution is -0.117. The molecule has 1 aromatic rings. The quantitative estimate of drug-likeness (QED) is 0.699. The van der Waals surface area contributed by atoms with Crippen molar-refractivity contribution in [1.29, 1.82) is 0 Å². The van der Waals surface area contributed by atoms with Crippen LogP contribution in [-0.2, 0) is 4.79 Å². The summed E-state index contributed by atoms with van der Waals surface area (Å²) in [5.74, 6) is 0.922. The molecule has 0 aliphatic carbocycles. The Hall–Kier alpha value is -1.33. The van der Waals surface area contributed by atoms with Crippen LogP contribution in [0.15, 0.2) is 30.3 Å². The van der Waals surface area contributed by atoms with Crippen LogP contribution >= 0.6 is 24.0 Å². The van der Waals surface area contributed by atoms with Gasteiger partial charge in [-0.05, 0) is 44.7 Å². The molecule has 0 spiro atoms. The number of carbonyl (C=O) groups is 1. The van der Waals surface area contributed by atoms with E-state index in [1.165, 1.54) is 24.8 Å². The molecule has 0 atom stereocenters. The van der Waals surface area contributed by atoms with E-state index in [0.717, 1.165) is 34.4 Å². The third-order valence-corrected chi connectivity index (χ3v) is 6.45. The highest BCUT2D eigenvalue weighted by Gasteiger charge is 2.34. The van der Waals surface area contributed by atoms with E-state index in [2.05, 4.69) is 30.9 Å². The summed E-state index contributed by atoms with van der Waals surface area (Å²) in [6, 6.07) is 8.19. The summed E-state index contributed by atoms with van der Waals surface area (Å²) in [6.07, 6.45) is 6.03. The normalized spacial score (nSPS) is 19.2. The van der Waals surface area contributed by atoms with Crippen molar-refractivity contribution in [3.63, 3.8) is 0 Å². The van der Waals surface area contributed by atoms with E-state index < -0.39 is 0 Å². The first-order valence-electron chi connectivity index (χ1n) is 8.94. The zero-order chi connectivity index (χ0) is 18.0. The van der Waals surface area contributed by atoms with Crippen LogP contribution in [0.25, 0.3) is 5.57 Å². The molecular weight excluding hydrogens is 348 g/mol. The van der Waals surface area contributed by atoms with Crippen molar-refractivity contribution in [3.8, 4) is 0 Å². The molecule has 1 fully saturated rings. The smallest absolute Gasteiger partial charge is 0.224 e. The van der Waals surface area contributed by atoms with Gasteiger partial charge in [0.2, 0.25) is 5.91 Å². The molecule has 1 amide bonds. The number of likely N-dealkylation sites (tertiary alicyclic amines) is 1. The molecule has 1 aromatic carbocycles. The predicted molar refractivity (Wildman–Crippen MR) is 112 cm³/mol. The van der Waals surface area contributed by atoms with Gasteiger partial charge in [-0.15, -0.1) is 0 Å². The SMILES string of the molecule is CC(=O)N1c2ccccc2C(CSC(=S)N2CCCCC2)=CC1(C)C. The van der Waals surface area contributed by atoms with E-state index >= 15 is 0 Å². The second-order valence-electron chi connectivity index (χ2n) is 7.30. The van der Waals surface area contributed by atoms with Crippen LogP contribution in [-0.4, -0.2) is 39.5 Å². The van der Waals surface area contributed by atoms with Gasteiger partial charge in [0.15, 0.2) is 0 Å². The van der Waals surface area contributed by atoms with Gasteiger partial charge in [-0.3, -0.25) is 4.79 Å². The topological polar surface area (TPSA) is 23.6 Å². The predicted octanol–water partition coefficient (Wildman–Crippen LogP) is 4.72. The number of hydrogen-bond donors (Lipinski definition) is 0. The minimum atomic E-state index is -0.331. The molecule has 1 saturated heterocycles. The summed E-state index contributed by atoms with van der Waals surface area (Å²) in [4.78, 5) is 16.4. The number of carbonyl (C=O) groups excluding carboxylic acids is 1. The molecule has 5 heteroatoms. The zero-order valence-electron chi connectivity index (χ0n) is 15.2. The molecule has 0 bridgehead atoms. The van der Waals surface area contributed by atoms with E-state index in [-0.39, 0.29) is 11.4 Å². The summed E-state index contributed by atoms with van der Waals surface area (Å²) in [5.41, 5.74) is 3.08. The average molecular weight is 375 g/mol.